The largest absolute Gasteiger partial charge is 0.370 e. The Morgan fingerprint density at radius 2 is 1.89 bits per heavy atom. The van der Waals surface area contributed by atoms with Gasteiger partial charge in [-0.25, -0.2) is 9.79 Å². The summed E-state index contributed by atoms with van der Waals surface area (Å²) in [5.41, 5.74) is 7.78. The van der Waals surface area contributed by atoms with Gasteiger partial charge in [0.05, 0.1) is 6.54 Å². The van der Waals surface area contributed by atoms with Crippen LogP contribution in [0.1, 0.15) is 63.9 Å². The smallest absolute Gasteiger partial charge is 0.321 e. The van der Waals surface area contributed by atoms with E-state index in [4.69, 9.17) is 5.73 Å². The highest BCUT2D eigenvalue weighted by Crippen LogP contribution is 2.14. The molecule has 0 aromatic heterocycles. The predicted octanol–water partition coefficient (Wildman–Crippen LogP) is 4.08. The average molecular weight is 374 g/mol. The van der Waals surface area contributed by atoms with Gasteiger partial charge in [0.1, 0.15) is 0 Å². The number of carbonyl (C=O) groups excluding carboxylic acids is 1. The van der Waals surface area contributed by atoms with E-state index in [9.17, 15) is 4.79 Å². The molecule has 150 valence electrons. The van der Waals surface area contributed by atoms with E-state index in [1.807, 2.05) is 29.2 Å². The fourth-order valence-corrected chi connectivity index (χ4v) is 3.22. The number of likely N-dealkylation sites (tertiary alicyclic amines) is 1. The number of nitrogens with two attached hydrogens (primary N) is 1. The summed E-state index contributed by atoms with van der Waals surface area (Å²) in [5.74, 6) is 0.482. The quantitative estimate of drug-likeness (QED) is 0.328. The number of anilines is 1. The molecule has 1 saturated heterocycles. The monoisotopic (exact) mass is 373 g/mol. The molecule has 1 aliphatic heterocycles. The van der Waals surface area contributed by atoms with Gasteiger partial charge >= 0.3 is 6.03 Å². The fraction of sp³-hybridized carbons (Fsp3) is 0.619. The molecule has 2 rings (SSSR count). The van der Waals surface area contributed by atoms with E-state index >= 15 is 0 Å². The zero-order chi connectivity index (χ0) is 19.3. The third-order valence-corrected chi connectivity index (χ3v) is 4.84. The second-order valence-corrected chi connectivity index (χ2v) is 7.22. The van der Waals surface area contributed by atoms with E-state index in [2.05, 4.69) is 22.5 Å². The van der Waals surface area contributed by atoms with E-state index < -0.39 is 0 Å². The Morgan fingerprint density at radius 3 is 2.67 bits per heavy atom. The summed E-state index contributed by atoms with van der Waals surface area (Å²) in [7, 11) is 0. The molecule has 1 aromatic carbocycles. The summed E-state index contributed by atoms with van der Waals surface area (Å²) < 4.78 is 0. The Balaban J connectivity index is 1.69. The molecule has 2 amide bonds. The molecule has 0 saturated carbocycles. The number of rotatable bonds is 10. The van der Waals surface area contributed by atoms with Gasteiger partial charge in [-0.05, 0) is 37.0 Å². The van der Waals surface area contributed by atoms with Gasteiger partial charge in [-0.1, -0.05) is 51.2 Å². The second-order valence-electron chi connectivity index (χ2n) is 7.22. The number of amides is 2. The summed E-state index contributed by atoms with van der Waals surface area (Å²) in [4.78, 5) is 18.4. The van der Waals surface area contributed by atoms with Crippen molar-refractivity contribution in [2.75, 3.05) is 25.0 Å². The predicted molar refractivity (Wildman–Crippen MR) is 113 cm³/mol. The van der Waals surface area contributed by atoms with Crippen LogP contribution in [-0.2, 0) is 6.54 Å². The first-order valence-corrected chi connectivity index (χ1v) is 10.4. The van der Waals surface area contributed by atoms with Crippen molar-refractivity contribution in [3.05, 3.63) is 29.8 Å². The molecular weight excluding hydrogens is 338 g/mol. The van der Waals surface area contributed by atoms with Crippen LogP contribution in [-0.4, -0.2) is 36.5 Å². The Kier molecular flexibility index (Phi) is 9.52. The van der Waals surface area contributed by atoms with Gasteiger partial charge in [0.25, 0.3) is 0 Å². The lowest BCUT2D eigenvalue weighted by atomic mass is 10.1. The molecule has 1 aliphatic rings. The molecule has 1 heterocycles. The van der Waals surface area contributed by atoms with Crippen molar-refractivity contribution in [2.24, 2.45) is 10.7 Å². The number of hydrogen-bond acceptors (Lipinski definition) is 2. The van der Waals surface area contributed by atoms with Crippen molar-refractivity contribution in [1.82, 2.24) is 10.2 Å². The third kappa shape index (κ3) is 8.33. The first-order chi connectivity index (χ1) is 13.2. The van der Waals surface area contributed by atoms with Crippen LogP contribution in [0.15, 0.2) is 29.3 Å². The molecule has 0 spiro atoms. The third-order valence-electron chi connectivity index (χ3n) is 4.84. The standard InChI is InChI=1S/C21H35N5O/c1-2-3-4-5-6-7-13-23-20(22)24-17-18-11-10-12-19(16-18)25-21(27)26-14-8-9-15-26/h10-12,16H,2-9,13-15,17H2,1H3,(H,25,27)(H3,22,23,24). The Labute approximate surface area is 163 Å². The lowest BCUT2D eigenvalue weighted by Gasteiger charge is -2.16. The molecule has 6 nitrogen and oxygen atoms in total. The van der Waals surface area contributed by atoms with Crippen LogP contribution >= 0.6 is 0 Å². The second kappa shape index (κ2) is 12.2. The first-order valence-electron chi connectivity index (χ1n) is 10.4. The van der Waals surface area contributed by atoms with Crippen LogP contribution < -0.4 is 16.4 Å². The summed E-state index contributed by atoms with van der Waals surface area (Å²) in [5, 5.41) is 6.15. The van der Waals surface area contributed by atoms with E-state index in [0.29, 0.717) is 12.5 Å². The minimum Gasteiger partial charge on any atom is -0.370 e. The average Bonchev–Trinajstić information content (AvgIpc) is 3.21. The molecule has 6 heteroatoms. The fourth-order valence-electron chi connectivity index (χ4n) is 3.22. The van der Waals surface area contributed by atoms with Crippen LogP contribution in [0.25, 0.3) is 0 Å². The van der Waals surface area contributed by atoms with Gasteiger partial charge in [-0.15, -0.1) is 0 Å². The van der Waals surface area contributed by atoms with E-state index in [1.54, 1.807) is 0 Å². The molecule has 1 fully saturated rings. The van der Waals surface area contributed by atoms with Crippen LogP contribution in [0.5, 0.6) is 0 Å². The molecular formula is C21H35N5O. The summed E-state index contributed by atoms with van der Waals surface area (Å²) in [6.07, 6.45) is 9.76. The summed E-state index contributed by atoms with van der Waals surface area (Å²) in [6, 6.07) is 7.77. The zero-order valence-corrected chi connectivity index (χ0v) is 16.7. The minimum absolute atomic E-state index is 0.0201. The van der Waals surface area contributed by atoms with Gasteiger partial charge in [-0.3, -0.25) is 0 Å². The van der Waals surface area contributed by atoms with Crippen LogP contribution in [0.4, 0.5) is 10.5 Å². The molecule has 0 aliphatic carbocycles. The number of guanidine groups is 1. The summed E-state index contributed by atoms with van der Waals surface area (Å²) in [6.45, 7) is 5.29. The van der Waals surface area contributed by atoms with Gasteiger partial charge in [0, 0.05) is 25.3 Å². The molecule has 27 heavy (non-hydrogen) atoms. The number of nitrogens with zero attached hydrogens (tertiary/aromatic N) is 2. The summed E-state index contributed by atoms with van der Waals surface area (Å²) >= 11 is 0. The molecule has 0 bridgehead atoms. The number of carbonyl (C=O) groups is 1. The van der Waals surface area contributed by atoms with Gasteiger partial charge < -0.3 is 21.3 Å². The first kappa shape index (κ1) is 21.1. The van der Waals surface area contributed by atoms with E-state index in [0.717, 1.165) is 50.1 Å². The Morgan fingerprint density at radius 1 is 1.15 bits per heavy atom. The molecule has 0 atom stereocenters. The number of hydrogen-bond donors (Lipinski definition) is 3. The topological polar surface area (TPSA) is 82.7 Å². The van der Waals surface area contributed by atoms with Crippen LogP contribution in [0.3, 0.4) is 0 Å². The lowest BCUT2D eigenvalue weighted by Crippen LogP contribution is -2.32. The highest BCUT2D eigenvalue weighted by atomic mass is 16.2. The zero-order valence-electron chi connectivity index (χ0n) is 16.7. The minimum atomic E-state index is -0.0201. The van der Waals surface area contributed by atoms with Crippen molar-refractivity contribution in [2.45, 2.75) is 64.8 Å². The van der Waals surface area contributed by atoms with Crippen molar-refractivity contribution < 1.29 is 4.79 Å². The molecule has 0 unspecified atom stereocenters. The molecule has 0 radical (unpaired) electrons. The maximum Gasteiger partial charge on any atom is 0.321 e. The lowest BCUT2D eigenvalue weighted by molar-refractivity contribution is 0.222. The SMILES string of the molecule is CCCCCCCCNC(N)=NCc1cccc(NC(=O)N2CCCC2)c1. The van der Waals surface area contributed by atoms with E-state index in [-0.39, 0.29) is 6.03 Å². The highest BCUT2D eigenvalue weighted by Gasteiger charge is 2.17. The number of benzene rings is 1. The van der Waals surface area contributed by atoms with Crippen molar-refractivity contribution in [3.8, 4) is 0 Å². The normalized spacial score (nSPS) is 14.4. The number of nitrogens with one attached hydrogen (secondary N) is 2. The Hall–Kier alpha value is -2.24. The van der Waals surface area contributed by atoms with Crippen molar-refractivity contribution in [3.63, 3.8) is 0 Å². The van der Waals surface area contributed by atoms with Crippen molar-refractivity contribution in [1.29, 1.82) is 0 Å². The highest BCUT2D eigenvalue weighted by molar-refractivity contribution is 5.89. The molecule has 1 aromatic rings. The Bertz CT molecular complexity index is 596. The van der Waals surface area contributed by atoms with E-state index in [1.165, 1.54) is 32.1 Å². The maximum atomic E-state index is 12.2. The van der Waals surface area contributed by atoms with Crippen molar-refractivity contribution >= 4 is 17.7 Å². The number of urea groups is 1. The van der Waals surface area contributed by atoms with Crippen LogP contribution in [0.2, 0.25) is 0 Å². The van der Waals surface area contributed by atoms with Gasteiger partial charge in [-0.2, -0.15) is 0 Å². The van der Waals surface area contributed by atoms with Gasteiger partial charge in [0.15, 0.2) is 5.96 Å². The van der Waals surface area contributed by atoms with Crippen LogP contribution in [0, 0.1) is 0 Å². The molecule has 4 N–H and O–H groups in total. The van der Waals surface area contributed by atoms with Gasteiger partial charge in [0.2, 0.25) is 0 Å². The number of aliphatic imine (C=N–C) groups is 1. The number of unbranched alkanes of at least 4 members (excludes halogenated alkanes) is 5. The maximum absolute atomic E-state index is 12.2.